The fourth-order valence-electron chi connectivity index (χ4n) is 3.78. The number of hydrogen-bond donors (Lipinski definition) is 1. The summed E-state index contributed by atoms with van der Waals surface area (Å²) in [4.78, 5) is 43.8. The number of esters is 1. The molecule has 32 heavy (non-hydrogen) atoms. The van der Waals surface area contributed by atoms with Crippen LogP contribution in [0.15, 0.2) is 11.1 Å². The maximum atomic E-state index is 13.2. The van der Waals surface area contributed by atoms with E-state index in [4.69, 9.17) is 4.74 Å². The van der Waals surface area contributed by atoms with Crippen LogP contribution in [0.1, 0.15) is 72.2 Å². The van der Waals surface area contributed by atoms with Crippen LogP contribution in [0.5, 0.6) is 0 Å². The summed E-state index contributed by atoms with van der Waals surface area (Å²) in [6.45, 7) is 5.30. The van der Waals surface area contributed by atoms with Crippen molar-refractivity contribution in [3.05, 3.63) is 32.1 Å². The van der Waals surface area contributed by atoms with Crippen LogP contribution in [-0.4, -0.2) is 37.7 Å². The third kappa shape index (κ3) is 4.44. The van der Waals surface area contributed by atoms with E-state index in [0.717, 1.165) is 48.4 Å². The molecule has 3 aromatic heterocycles. The van der Waals surface area contributed by atoms with E-state index in [1.165, 1.54) is 28.7 Å². The molecule has 1 unspecified atom stereocenters. The highest BCUT2D eigenvalue weighted by Crippen LogP contribution is 2.30. The van der Waals surface area contributed by atoms with Gasteiger partial charge >= 0.3 is 5.97 Å². The standard InChI is InChI=1S/C21H25N5O4S2/c1-4-14-24-25-21(31-14)23-17(27)12(3)26-10-22-18-15(19(26)28)11(2)16(32-18)20(29)30-13-8-6-5-7-9-13/h10,12-13H,4-9H2,1-3H3,(H,23,25,27). The van der Waals surface area contributed by atoms with E-state index in [9.17, 15) is 14.4 Å². The molecule has 11 heteroatoms. The van der Waals surface area contributed by atoms with Crippen molar-refractivity contribution in [3.63, 3.8) is 0 Å². The van der Waals surface area contributed by atoms with Gasteiger partial charge in [-0.1, -0.05) is 24.7 Å². The van der Waals surface area contributed by atoms with Gasteiger partial charge in [-0.05, 0) is 51.5 Å². The molecule has 1 amide bonds. The minimum Gasteiger partial charge on any atom is -0.458 e. The first kappa shape index (κ1) is 22.5. The van der Waals surface area contributed by atoms with Crippen LogP contribution in [0.25, 0.3) is 10.2 Å². The number of nitrogens with one attached hydrogen (secondary N) is 1. The summed E-state index contributed by atoms with van der Waals surface area (Å²) in [5.41, 5.74) is 0.177. The predicted octanol–water partition coefficient (Wildman–Crippen LogP) is 3.87. The van der Waals surface area contributed by atoms with E-state index in [1.54, 1.807) is 13.8 Å². The molecule has 3 heterocycles. The summed E-state index contributed by atoms with van der Waals surface area (Å²) in [5, 5.41) is 12.2. The summed E-state index contributed by atoms with van der Waals surface area (Å²) in [5.74, 6) is -0.797. The monoisotopic (exact) mass is 475 g/mol. The van der Waals surface area contributed by atoms with Gasteiger partial charge in [-0.25, -0.2) is 9.78 Å². The van der Waals surface area contributed by atoms with Crippen LogP contribution in [0.2, 0.25) is 0 Å². The van der Waals surface area contributed by atoms with Gasteiger partial charge < -0.3 is 4.74 Å². The smallest absolute Gasteiger partial charge is 0.348 e. The summed E-state index contributed by atoms with van der Waals surface area (Å²) in [6, 6.07) is -0.815. The van der Waals surface area contributed by atoms with E-state index in [0.29, 0.717) is 25.8 Å². The Morgan fingerprint density at radius 2 is 2.00 bits per heavy atom. The summed E-state index contributed by atoms with van der Waals surface area (Å²) >= 11 is 2.45. The molecule has 1 aliphatic rings. The highest BCUT2D eigenvalue weighted by atomic mass is 32.1. The third-order valence-corrected chi connectivity index (χ3v) is 7.85. The maximum absolute atomic E-state index is 13.2. The molecule has 0 aliphatic heterocycles. The van der Waals surface area contributed by atoms with Crippen molar-refractivity contribution in [2.24, 2.45) is 0 Å². The molecule has 3 aromatic rings. The molecule has 0 saturated heterocycles. The summed E-state index contributed by atoms with van der Waals surface area (Å²) in [6.07, 6.45) is 7.06. The van der Waals surface area contributed by atoms with Crippen molar-refractivity contribution in [1.82, 2.24) is 19.7 Å². The minimum atomic E-state index is -0.815. The molecular formula is C21H25N5O4S2. The van der Waals surface area contributed by atoms with E-state index in [2.05, 4.69) is 20.5 Å². The fourth-order valence-corrected chi connectivity index (χ4v) is 5.48. The Kier molecular flexibility index (Phi) is 6.66. The Bertz CT molecular complexity index is 1210. The average Bonchev–Trinajstić information content (AvgIpc) is 3.38. The van der Waals surface area contributed by atoms with E-state index < -0.39 is 17.9 Å². The molecule has 0 bridgehead atoms. The van der Waals surface area contributed by atoms with Gasteiger partial charge in [0, 0.05) is 0 Å². The molecule has 9 nitrogen and oxygen atoms in total. The van der Waals surface area contributed by atoms with E-state index >= 15 is 0 Å². The van der Waals surface area contributed by atoms with Gasteiger partial charge in [-0.15, -0.1) is 21.5 Å². The number of rotatable bonds is 6. The van der Waals surface area contributed by atoms with Crippen LogP contribution in [-0.2, 0) is 16.0 Å². The Morgan fingerprint density at radius 1 is 1.25 bits per heavy atom. The largest absolute Gasteiger partial charge is 0.458 e. The topological polar surface area (TPSA) is 116 Å². The van der Waals surface area contributed by atoms with E-state index in [-0.39, 0.29) is 11.7 Å². The number of nitrogens with zero attached hydrogens (tertiary/aromatic N) is 4. The number of carbonyl (C=O) groups is 2. The Morgan fingerprint density at radius 3 is 2.69 bits per heavy atom. The molecule has 0 spiro atoms. The first-order valence-corrected chi connectivity index (χ1v) is 12.4. The molecule has 1 saturated carbocycles. The fraction of sp³-hybridized carbons (Fsp3) is 0.524. The number of anilines is 1. The second-order valence-electron chi connectivity index (χ2n) is 7.88. The predicted molar refractivity (Wildman–Crippen MR) is 124 cm³/mol. The number of hydrogen-bond acceptors (Lipinski definition) is 9. The van der Waals surface area contributed by atoms with Crippen LogP contribution >= 0.6 is 22.7 Å². The van der Waals surface area contributed by atoms with Crippen molar-refractivity contribution < 1.29 is 14.3 Å². The molecule has 1 N–H and O–H groups in total. The van der Waals surface area contributed by atoms with Crippen LogP contribution in [0.3, 0.4) is 0 Å². The van der Waals surface area contributed by atoms with Crippen molar-refractivity contribution in [2.45, 2.75) is 71.4 Å². The van der Waals surface area contributed by atoms with Crippen LogP contribution in [0.4, 0.5) is 5.13 Å². The zero-order chi connectivity index (χ0) is 22.8. The summed E-state index contributed by atoms with van der Waals surface area (Å²) < 4.78 is 6.95. The average molecular weight is 476 g/mol. The highest BCUT2D eigenvalue weighted by molar-refractivity contribution is 7.20. The van der Waals surface area contributed by atoms with Crippen LogP contribution in [0, 0.1) is 6.92 Å². The number of carbonyl (C=O) groups excluding carboxylic acids is 2. The highest BCUT2D eigenvalue weighted by Gasteiger charge is 2.26. The van der Waals surface area contributed by atoms with Gasteiger partial charge in [-0.2, -0.15) is 0 Å². The molecule has 170 valence electrons. The van der Waals surface area contributed by atoms with Crippen molar-refractivity contribution in [3.8, 4) is 0 Å². The van der Waals surface area contributed by atoms with E-state index in [1.807, 2.05) is 6.92 Å². The number of aromatic nitrogens is 4. The van der Waals surface area contributed by atoms with Gasteiger partial charge in [0.25, 0.3) is 5.56 Å². The lowest BCUT2D eigenvalue weighted by Gasteiger charge is -2.21. The number of ether oxygens (including phenoxy) is 1. The van der Waals surface area contributed by atoms with Crippen molar-refractivity contribution in [1.29, 1.82) is 0 Å². The van der Waals surface area contributed by atoms with Gasteiger partial charge in [0.2, 0.25) is 11.0 Å². The second kappa shape index (κ2) is 9.45. The van der Waals surface area contributed by atoms with Gasteiger partial charge in [0.15, 0.2) is 0 Å². The third-order valence-electron chi connectivity index (χ3n) is 5.68. The second-order valence-corrected chi connectivity index (χ2v) is 9.94. The number of fused-ring (bicyclic) bond motifs is 1. The minimum absolute atomic E-state index is 0.0669. The zero-order valence-electron chi connectivity index (χ0n) is 18.2. The summed E-state index contributed by atoms with van der Waals surface area (Å²) in [7, 11) is 0. The van der Waals surface area contributed by atoms with Crippen molar-refractivity contribution >= 4 is 49.9 Å². The molecular weight excluding hydrogens is 450 g/mol. The van der Waals surface area contributed by atoms with Gasteiger partial charge in [0.1, 0.15) is 26.9 Å². The zero-order valence-corrected chi connectivity index (χ0v) is 19.8. The number of aryl methyl sites for hydroxylation is 2. The molecule has 0 radical (unpaired) electrons. The van der Waals surface area contributed by atoms with Crippen molar-refractivity contribution in [2.75, 3.05) is 5.32 Å². The SMILES string of the molecule is CCc1nnc(NC(=O)C(C)n2cnc3sc(C(=O)OC4CCCCC4)c(C)c3c2=O)s1. The Hall–Kier alpha value is -2.66. The number of amides is 1. The Balaban J connectivity index is 1.57. The van der Waals surface area contributed by atoms with Gasteiger partial charge in [-0.3, -0.25) is 19.5 Å². The molecule has 1 aliphatic carbocycles. The lowest BCUT2D eigenvalue weighted by molar-refractivity contribution is -0.118. The molecule has 1 atom stereocenters. The molecule has 4 rings (SSSR count). The first-order chi connectivity index (χ1) is 15.4. The molecule has 1 fully saturated rings. The lowest BCUT2D eigenvalue weighted by Crippen LogP contribution is -2.31. The normalized spacial score (nSPS) is 15.6. The first-order valence-electron chi connectivity index (χ1n) is 10.7. The van der Waals surface area contributed by atoms with Gasteiger partial charge in [0.05, 0.1) is 11.7 Å². The van der Waals surface area contributed by atoms with Crippen LogP contribution < -0.4 is 10.9 Å². The maximum Gasteiger partial charge on any atom is 0.348 e. The molecule has 0 aromatic carbocycles. The quantitative estimate of drug-likeness (QED) is 0.538. The lowest BCUT2D eigenvalue weighted by atomic mass is 9.98. The number of thiophene rings is 1. The Labute approximate surface area is 192 Å².